The molecule has 0 saturated heterocycles. The van der Waals surface area contributed by atoms with Gasteiger partial charge < -0.3 is 10.5 Å². The van der Waals surface area contributed by atoms with Gasteiger partial charge in [0, 0.05) is 0 Å². The predicted molar refractivity (Wildman–Crippen MR) is 72.1 cm³/mol. The van der Waals surface area contributed by atoms with E-state index in [9.17, 15) is 18.0 Å². The van der Waals surface area contributed by atoms with Gasteiger partial charge in [0.05, 0.1) is 12.0 Å². The zero-order chi connectivity index (χ0) is 15.8. The van der Waals surface area contributed by atoms with Crippen molar-refractivity contribution in [1.82, 2.24) is 0 Å². The first-order chi connectivity index (χ1) is 9.20. The van der Waals surface area contributed by atoms with E-state index in [0.29, 0.717) is 6.42 Å². The zero-order valence-electron chi connectivity index (χ0n) is 12.5. The predicted octanol–water partition coefficient (Wildman–Crippen LogP) is 3.80. The number of halogens is 3. The van der Waals surface area contributed by atoms with Gasteiger partial charge in [-0.1, -0.05) is 39.0 Å². The smallest absolute Gasteiger partial charge is 0.404 e. The lowest BCUT2D eigenvalue weighted by Crippen LogP contribution is -2.47. The third-order valence-corrected chi connectivity index (χ3v) is 3.08. The monoisotopic (exact) mass is 297 g/mol. The molecular formula is C14H26F3NO2. The molecule has 20 heavy (non-hydrogen) atoms. The Morgan fingerprint density at radius 1 is 1.15 bits per heavy atom. The Balaban J connectivity index is 4.51. The van der Waals surface area contributed by atoms with Crippen LogP contribution in [0.1, 0.15) is 59.3 Å². The Morgan fingerprint density at radius 3 is 2.15 bits per heavy atom. The molecule has 2 atom stereocenters. The number of carbonyl (C=O) groups is 1. The average molecular weight is 297 g/mol. The molecule has 0 amide bonds. The summed E-state index contributed by atoms with van der Waals surface area (Å²) < 4.78 is 43.0. The van der Waals surface area contributed by atoms with Crippen molar-refractivity contribution >= 4 is 5.97 Å². The first kappa shape index (κ1) is 19.2. The largest absolute Gasteiger partial charge is 0.463 e. The van der Waals surface area contributed by atoms with Crippen molar-refractivity contribution < 1.29 is 22.7 Å². The fourth-order valence-electron chi connectivity index (χ4n) is 1.96. The van der Waals surface area contributed by atoms with E-state index in [-0.39, 0.29) is 6.42 Å². The third-order valence-electron chi connectivity index (χ3n) is 3.08. The molecule has 2 N–H and O–H groups in total. The number of alkyl halides is 3. The van der Waals surface area contributed by atoms with Gasteiger partial charge in [0.15, 0.2) is 0 Å². The minimum atomic E-state index is -4.58. The Hall–Kier alpha value is -0.780. The van der Waals surface area contributed by atoms with Crippen molar-refractivity contribution in [3.05, 3.63) is 0 Å². The Labute approximate surface area is 119 Å². The summed E-state index contributed by atoms with van der Waals surface area (Å²) in [5.74, 6) is -2.15. The maximum absolute atomic E-state index is 12.7. The second-order valence-corrected chi connectivity index (χ2v) is 5.36. The summed E-state index contributed by atoms with van der Waals surface area (Å²) in [6.07, 6.45) is -0.465. The number of nitrogens with two attached hydrogens (primary N) is 1. The van der Waals surface area contributed by atoms with Crippen LogP contribution in [0.15, 0.2) is 0 Å². The van der Waals surface area contributed by atoms with Gasteiger partial charge in [0.25, 0.3) is 0 Å². The molecule has 0 radical (unpaired) electrons. The first-order valence-electron chi connectivity index (χ1n) is 7.22. The summed E-state index contributed by atoms with van der Waals surface area (Å²) in [5.41, 5.74) is 5.19. The number of ether oxygens (including phenoxy) is 1. The minimum absolute atomic E-state index is 0.121. The zero-order valence-corrected chi connectivity index (χ0v) is 12.5. The molecule has 120 valence electrons. The molecule has 0 unspecified atom stereocenters. The Bertz CT molecular complexity index is 280. The maximum Gasteiger partial charge on any atom is 0.404 e. The molecule has 0 aliphatic rings. The number of hydrogen-bond donors (Lipinski definition) is 1. The van der Waals surface area contributed by atoms with Crippen molar-refractivity contribution in [1.29, 1.82) is 0 Å². The fraction of sp³-hybridized carbons (Fsp3) is 0.929. The van der Waals surface area contributed by atoms with Crippen molar-refractivity contribution in [3.63, 3.8) is 0 Å². The molecule has 0 rings (SSSR count). The second-order valence-electron chi connectivity index (χ2n) is 5.36. The van der Waals surface area contributed by atoms with E-state index in [4.69, 9.17) is 10.5 Å². The highest BCUT2D eigenvalue weighted by Gasteiger charge is 2.45. The van der Waals surface area contributed by atoms with Crippen LogP contribution in [0.25, 0.3) is 0 Å². The van der Waals surface area contributed by atoms with Crippen LogP contribution in [0.3, 0.4) is 0 Å². The second kappa shape index (κ2) is 9.21. The van der Waals surface area contributed by atoms with Gasteiger partial charge >= 0.3 is 12.1 Å². The Kier molecular flexibility index (Phi) is 8.85. The SMILES string of the molecule is CCCCCCC[C@@H](C(=O)OC(C)C)[C@@H](N)C(F)(F)F. The van der Waals surface area contributed by atoms with Gasteiger partial charge in [-0.15, -0.1) is 0 Å². The number of hydrogen-bond acceptors (Lipinski definition) is 3. The standard InChI is InChI=1S/C14H26F3NO2/c1-4-5-6-7-8-9-11(12(18)14(15,16)17)13(19)20-10(2)3/h10-12H,4-9,18H2,1-3H3/t11-,12-/m1/s1. The van der Waals surface area contributed by atoms with E-state index in [0.717, 1.165) is 25.7 Å². The maximum atomic E-state index is 12.7. The van der Waals surface area contributed by atoms with Crippen LogP contribution < -0.4 is 5.73 Å². The van der Waals surface area contributed by atoms with Gasteiger partial charge in [-0.05, 0) is 20.3 Å². The number of carbonyl (C=O) groups excluding carboxylic acids is 1. The molecule has 3 nitrogen and oxygen atoms in total. The van der Waals surface area contributed by atoms with Crippen LogP contribution in [0, 0.1) is 5.92 Å². The molecule has 6 heteroatoms. The first-order valence-corrected chi connectivity index (χ1v) is 7.22. The van der Waals surface area contributed by atoms with E-state index in [1.165, 1.54) is 0 Å². The van der Waals surface area contributed by atoms with Crippen LogP contribution in [-0.2, 0) is 9.53 Å². The normalized spacial score (nSPS) is 15.2. The highest BCUT2D eigenvalue weighted by atomic mass is 19.4. The number of rotatable bonds is 9. The lowest BCUT2D eigenvalue weighted by molar-refractivity contribution is -0.179. The van der Waals surface area contributed by atoms with Crippen LogP contribution in [-0.4, -0.2) is 24.3 Å². The average Bonchev–Trinajstić information content (AvgIpc) is 2.30. The molecule has 0 aliphatic heterocycles. The Morgan fingerprint density at radius 2 is 1.70 bits per heavy atom. The van der Waals surface area contributed by atoms with Gasteiger partial charge in [0.1, 0.15) is 6.04 Å². The quantitative estimate of drug-likeness (QED) is 0.520. The minimum Gasteiger partial charge on any atom is -0.463 e. The van der Waals surface area contributed by atoms with E-state index in [1.54, 1.807) is 13.8 Å². The number of unbranched alkanes of at least 4 members (excludes halogenated alkanes) is 4. The summed E-state index contributed by atoms with van der Waals surface area (Å²) >= 11 is 0. The highest BCUT2D eigenvalue weighted by Crippen LogP contribution is 2.28. The van der Waals surface area contributed by atoms with Crippen LogP contribution in [0.5, 0.6) is 0 Å². The highest BCUT2D eigenvalue weighted by molar-refractivity contribution is 5.73. The van der Waals surface area contributed by atoms with Crippen LogP contribution in [0.2, 0.25) is 0 Å². The summed E-state index contributed by atoms with van der Waals surface area (Å²) in [6, 6.07) is -2.15. The van der Waals surface area contributed by atoms with Crippen molar-refractivity contribution in [2.24, 2.45) is 11.7 Å². The van der Waals surface area contributed by atoms with E-state index < -0.39 is 30.2 Å². The lowest BCUT2D eigenvalue weighted by Gasteiger charge is -2.25. The lowest BCUT2D eigenvalue weighted by atomic mass is 9.93. The van der Waals surface area contributed by atoms with Crippen molar-refractivity contribution in [2.45, 2.75) is 77.6 Å². The van der Waals surface area contributed by atoms with E-state index in [2.05, 4.69) is 6.92 Å². The van der Waals surface area contributed by atoms with Gasteiger partial charge in [-0.25, -0.2) is 0 Å². The molecule has 0 aromatic rings. The molecule has 0 aromatic heterocycles. The van der Waals surface area contributed by atoms with E-state index in [1.807, 2.05) is 0 Å². The molecule has 0 aromatic carbocycles. The summed E-state index contributed by atoms with van der Waals surface area (Å²) in [4.78, 5) is 11.8. The fourth-order valence-corrected chi connectivity index (χ4v) is 1.96. The molecule has 0 fully saturated rings. The van der Waals surface area contributed by atoms with Crippen molar-refractivity contribution in [3.8, 4) is 0 Å². The molecule has 0 bridgehead atoms. The topological polar surface area (TPSA) is 52.3 Å². The molecular weight excluding hydrogens is 271 g/mol. The van der Waals surface area contributed by atoms with Gasteiger partial charge in [-0.3, -0.25) is 4.79 Å². The van der Waals surface area contributed by atoms with Gasteiger partial charge in [0.2, 0.25) is 0 Å². The van der Waals surface area contributed by atoms with E-state index >= 15 is 0 Å². The molecule has 0 saturated carbocycles. The molecule has 0 spiro atoms. The molecule has 0 aliphatic carbocycles. The number of esters is 1. The van der Waals surface area contributed by atoms with Crippen LogP contribution in [0.4, 0.5) is 13.2 Å². The summed E-state index contributed by atoms with van der Waals surface area (Å²) in [5, 5.41) is 0. The summed E-state index contributed by atoms with van der Waals surface area (Å²) in [7, 11) is 0. The van der Waals surface area contributed by atoms with Gasteiger partial charge in [-0.2, -0.15) is 13.2 Å². The molecule has 0 heterocycles. The third kappa shape index (κ3) is 7.72. The van der Waals surface area contributed by atoms with Crippen molar-refractivity contribution in [2.75, 3.05) is 0 Å². The summed E-state index contributed by atoms with van der Waals surface area (Å²) in [6.45, 7) is 5.27. The van der Waals surface area contributed by atoms with Crippen LogP contribution >= 0.6 is 0 Å².